The molecule has 0 aliphatic carbocycles. The van der Waals surface area contributed by atoms with Crippen molar-refractivity contribution >= 4 is 16.7 Å². The fourth-order valence-corrected chi connectivity index (χ4v) is 2.75. The van der Waals surface area contributed by atoms with Crippen molar-refractivity contribution in [3.05, 3.63) is 73.0 Å². The van der Waals surface area contributed by atoms with Gasteiger partial charge in [0.2, 0.25) is 0 Å². The molecule has 3 rings (SSSR count). The van der Waals surface area contributed by atoms with Gasteiger partial charge in [0.05, 0.1) is 6.54 Å². The van der Waals surface area contributed by atoms with Crippen LogP contribution in [0.4, 0.5) is 4.39 Å². The first-order valence-corrected chi connectivity index (χ1v) is 9.02. The van der Waals surface area contributed by atoms with E-state index >= 15 is 0 Å². The number of aryl methyl sites for hydroxylation is 1. The predicted octanol–water partition coefficient (Wildman–Crippen LogP) is 4.68. The van der Waals surface area contributed by atoms with Crippen molar-refractivity contribution < 1.29 is 4.39 Å². The minimum absolute atomic E-state index is 0.255. The van der Waals surface area contributed by atoms with Crippen molar-refractivity contribution in [3.63, 3.8) is 0 Å². The van der Waals surface area contributed by atoms with E-state index in [-0.39, 0.29) is 5.57 Å². The fourth-order valence-electron chi connectivity index (χ4n) is 2.75. The third-order valence-corrected chi connectivity index (χ3v) is 4.63. The zero-order chi connectivity index (χ0) is 19.4. The van der Waals surface area contributed by atoms with Crippen LogP contribution in [0.5, 0.6) is 0 Å². The molecule has 0 radical (unpaired) electrons. The second-order valence-electron chi connectivity index (χ2n) is 6.58. The van der Waals surface area contributed by atoms with Crippen molar-refractivity contribution in [1.82, 2.24) is 24.1 Å². The second kappa shape index (κ2) is 8.12. The molecule has 0 fully saturated rings. The van der Waals surface area contributed by atoms with E-state index in [0.29, 0.717) is 18.3 Å². The summed E-state index contributed by atoms with van der Waals surface area (Å²) in [5.41, 5.74) is 1.90. The fraction of sp³-hybridized carbons (Fsp3) is 0.286. The molecule has 5 nitrogen and oxygen atoms in total. The molecule has 0 aliphatic rings. The summed E-state index contributed by atoms with van der Waals surface area (Å²) in [6, 6.07) is 3.78. The van der Waals surface area contributed by atoms with Crippen molar-refractivity contribution in [1.29, 1.82) is 0 Å². The molecule has 0 amide bonds. The molecule has 3 aromatic rings. The van der Waals surface area contributed by atoms with Crippen molar-refractivity contribution in [2.45, 2.75) is 26.8 Å². The number of hydrogen-bond acceptors (Lipinski definition) is 3. The maximum Gasteiger partial charge on any atom is 0.159 e. The normalized spacial score (nSPS) is 13.6. The third kappa shape index (κ3) is 4.05. The molecule has 0 aliphatic heterocycles. The maximum atomic E-state index is 14.5. The van der Waals surface area contributed by atoms with Gasteiger partial charge in [0, 0.05) is 31.2 Å². The second-order valence-corrected chi connectivity index (χ2v) is 6.58. The van der Waals surface area contributed by atoms with Gasteiger partial charge in [-0.3, -0.25) is 0 Å². The highest BCUT2D eigenvalue weighted by Gasteiger charge is 2.14. The Morgan fingerprint density at radius 2 is 2.15 bits per heavy atom. The summed E-state index contributed by atoms with van der Waals surface area (Å²) in [4.78, 5) is 13.2. The summed E-state index contributed by atoms with van der Waals surface area (Å²) in [6.45, 7) is 8.53. The average Bonchev–Trinajstić information content (AvgIpc) is 3.26. The van der Waals surface area contributed by atoms with Crippen LogP contribution in [-0.2, 0) is 13.6 Å². The highest BCUT2D eigenvalue weighted by atomic mass is 19.1. The minimum atomic E-state index is -0.395. The van der Waals surface area contributed by atoms with Gasteiger partial charge >= 0.3 is 0 Å². The van der Waals surface area contributed by atoms with E-state index in [4.69, 9.17) is 0 Å². The monoisotopic (exact) mass is 365 g/mol. The Hall–Kier alpha value is -3.02. The first kappa shape index (κ1) is 18.8. The Kier molecular flexibility index (Phi) is 5.64. The van der Waals surface area contributed by atoms with E-state index in [1.165, 1.54) is 6.08 Å². The molecule has 27 heavy (non-hydrogen) atoms. The number of imidazole rings is 2. The van der Waals surface area contributed by atoms with E-state index in [1.54, 1.807) is 24.7 Å². The largest absolute Gasteiger partial charge is 0.323 e. The van der Waals surface area contributed by atoms with Crippen LogP contribution in [0.25, 0.3) is 16.7 Å². The quantitative estimate of drug-likeness (QED) is 0.571. The van der Waals surface area contributed by atoms with Crippen LogP contribution in [0.1, 0.15) is 31.9 Å². The van der Waals surface area contributed by atoms with Crippen LogP contribution < -0.4 is 0 Å². The van der Waals surface area contributed by atoms with E-state index in [2.05, 4.69) is 35.4 Å². The van der Waals surface area contributed by atoms with Crippen molar-refractivity contribution in [2.75, 3.05) is 0 Å². The lowest BCUT2D eigenvalue weighted by Gasteiger charge is -2.09. The number of aromatic nitrogens is 5. The standard InChI is InChI=1S/C21H24FN5/c1-5-15(2)8-6-9-17(22)16(3)20-24-12-13-27(20)14-19-25-18-10-7-11-23-21(18)26(19)4/h6-13,15H,3,5,14H2,1-2,4H3/b8-6-,17-9+. The lowest BCUT2D eigenvalue weighted by atomic mass is 10.1. The van der Waals surface area contributed by atoms with Crippen LogP contribution in [0.15, 0.2) is 61.4 Å². The van der Waals surface area contributed by atoms with E-state index < -0.39 is 5.83 Å². The molecule has 3 heterocycles. The van der Waals surface area contributed by atoms with Gasteiger partial charge in [-0.05, 0) is 24.1 Å². The highest BCUT2D eigenvalue weighted by Crippen LogP contribution is 2.22. The van der Waals surface area contributed by atoms with Crippen LogP contribution in [0, 0.1) is 5.92 Å². The van der Waals surface area contributed by atoms with Gasteiger partial charge in [0.1, 0.15) is 23.0 Å². The number of pyridine rings is 1. The van der Waals surface area contributed by atoms with Gasteiger partial charge < -0.3 is 9.13 Å². The van der Waals surface area contributed by atoms with Crippen LogP contribution in [0.3, 0.4) is 0 Å². The Bertz CT molecular complexity index is 1010. The van der Waals surface area contributed by atoms with Crippen LogP contribution >= 0.6 is 0 Å². The molecule has 140 valence electrons. The number of nitrogens with zero attached hydrogens (tertiary/aromatic N) is 5. The predicted molar refractivity (Wildman–Crippen MR) is 107 cm³/mol. The molecular formula is C21H24FN5. The summed E-state index contributed by atoms with van der Waals surface area (Å²) in [5, 5.41) is 0. The van der Waals surface area contributed by atoms with E-state index in [0.717, 1.165) is 23.4 Å². The number of fused-ring (bicyclic) bond motifs is 1. The first-order valence-electron chi connectivity index (χ1n) is 9.02. The molecule has 0 saturated heterocycles. The Labute approximate surface area is 158 Å². The van der Waals surface area contributed by atoms with E-state index in [9.17, 15) is 4.39 Å². The number of allylic oxidation sites excluding steroid dienone is 5. The minimum Gasteiger partial charge on any atom is -0.323 e. The van der Waals surface area contributed by atoms with Gasteiger partial charge in [0.25, 0.3) is 0 Å². The molecule has 0 bridgehead atoms. The van der Waals surface area contributed by atoms with Gasteiger partial charge in [-0.1, -0.05) is 39.0 Å². The number of rotatable bonds is 7. The zero-order valence-corrected chi connectivity index (χ0v) is 15.9. The lowest BCUT2D eigenvalue weighted by Crippen LogP contribution is -2.08. The lowest BCUT2D eigenvalue weighted by molar-refractivity contribution is 0.659. The molecule has 6 heteroatoms. The summed E-state index contributed by atoms with van der Waals surface area (Å²) in [7, 11) is 1.92. The van der Waals surface area contributed by atoms with Gasteiger partial charge in [-0.15, -0.1) is 0 Å². The molecular weight excluding hydrogens is 341 g/mol. The molecule has 3 aromatic heterocycles. The third-order valence-electron chi connectivity index (χ3n) is 4.63. The number of hydrogen-bond donors (Lipinski definition) is 0. The first-order chi connectivity index (χ1) is 13.0. The smallest absolute Gasteiger partial charge is 0.159 e. The molecule has 0 aromatic carbocycles. The zero-order valence-electron chi connectivity index (χ0n) is 15.9. The summed E-state index contributed by atoms with van der Waals surface area (Å²) >= 11 is 0. The Morgan fingerprint density at radius 3 is 2.89 bits per heavy atom. The topological polar surface area (TPSA) is 48.5 Å². The number of halogens is 1. The van der Waals surface area contributed by atoms with Gasteiger partial charge in [-0.25, -0.2) is 19.3 Å². The average molecular weight is 365 g/mol. The summed E-state index contributed by atoms with van der Waals surface area (Å²) in [5.74, 6) is 1.32. The molecule has 1 unspecified atom stereocenters. The molecule has 0 saturated carbocycles. The van der Waals surface area contributed by atoms with Crippen molar-refractivity contribution in [3.8, 4) is 0 Å². The Balaban J connectivity index is 1.83. The van der Waals surface area contributed by atoms with E-state index in [1.807, 2.05) is 34.4 Å². The Morgan fingerprint density at radius 1 is 1.33 bits per heavy atom. The van der Waals surface area contributed by atoms with Gasteiger partial charge in [0.15, 0.2) is 5.65 Å². The molecule has 0 N–H and O–H groups in total. The van der Waals surface area contributed by atoms with Gasteiger partial charge in [-0.2, -0.15) is 0 Å². The molecule has 1 atom stereocenters. The summed E-state index contributed by atoms with van der Waals surface area (Å²) in [6.07, 6.45) is 11.4. The maximum absolute atomic E-state index is 14.5. The SMILES string of the molecule is C=C(/C(F)=C\C=C/C(C)CC)c1nccn1Cc1nc2cccnc2n1C. The van der Waals surface area contributed by atoms with Crippen LogP contribution in [0.2, 0.25) is 0 Å². The van der Waals surface area contributed by atoms with Crippen molar-refractivity contribution in [2.24, 2.45) is 13.0 Å². The molecule has 0 spiro atoms. The summed E-state index contributed by atoms with van der Waals surface area (Å²) < 4.78 is 18.3. The highest BCUT2D eigenvalue weighted by molar-refractivity contribution is 5.72. The van der Waals surface area contributed by atoms with Crippen LogP contribution in [-0.4, -0.2) is 24.1 Å².